The first-order valence-electron chi connectivity index (χ1n) is 6.87. The van der Waals surface area contributed by atoms with E-state index in [-0.39, 0.29) is 5.91 Å². The van der Waals surface area contributed by atoms with E-state index < -0.39 is 0 Å². The third kappa shape index (κ3) is 2.35. The molecule has 1 amide bonds. The highest BCUT2D eigenvalue weighted by Gasteiger charge is 2.24. The van der Waals surface area contributed by atoms with Gasteiger partial charge in [0.05, 0.1) is 5.56 Å². The molecule has 5 heteroatoms. The maximum absolute atomic E-state index is 12.4. The number of benzene rings is 1. The van der Waals surface area contributed by atoms with E-state index in [0.717, 1.165) is 59.0 Å². The largest absolute Gasteiger partial charge is 0.352 e. The van der Waals surface area contributed by atoms with Gasteiger partial charge in [0.15, 0.2) is 0 Å². The van der Waals surface area contributed by atoms with Crippen LogP contribution in [0.5, 0.6) is 0 Å². The summed E-state index contributed by atoms with van der Waals surface area (Å²) in [5.41, 5.74) is 3.12. The molecule has 1 aliphatic rings. The molecule has 0 unspecified atom stereocenters. The average Bonchev–Trinajstić information content (AvgIpc) is 2.60. The molecule has 3 nitrogen and oxygen atoms in total. The maximum atomic E-state index is 12.4. The summed E-state index contributed by atoms with van der Waals surface area (Å²) in [6, 6.07) is 6.14. The van der Waals surface area contributed by atoms with Gasteiger partial charge >= 0.3 is 0 Å². The lowest BCUT2D eigenvalue weighted by Crippen LogP contribution is -2.22. The number of hydrogen-bond donors (Lipinski definition) is 1. The molecule has 2 heterocycles. The van der Waals surface area contributed by atoms with Crippen LogP contribution in [-0.2, 0) is 13.0 Å². The Kier molecular flexibility index (Phi) is 4.03. The van der Waals surface area contributed by atoms with Crippen LogP contribution in [0.2, 0.25) is 0 Å². The van der Waals surface area contributed by atoms with Crippen LogP contribution in [0.1, 0.15) is 28.9 Å². The van der Waals surface area contributed by atoms with Crippen molar-refractivity contribution in [2.75, 3.05) is 12.4 Å². The third-order valence-corrected chi connectivity index (χ3v) is 4.51. The van der Waals surface area contributed by atoms with Gasteiger partial charge in [-0.1, -0.05) is 15.9 Å². The Bertz CT molecular complexity index is 665. The summed E-state index contributed by atoms with van der Waals surface area (Å²) in [6.07, 6.45) is 2.83. The van der Waals surface area contributed by atoms with Crippen molar-refractivity contribution in [3.8, 4) is 0 Å². The molecule has 1 aromatic carbocycles. The monoisotopic (exact) mass is 354 g/mol. The summed E-state index contributed by atoms with van der Waals surface area (Å²) in [7, 11) is 0. The van der Waals surface area contributed by atoms with Crippen LogP contribution < -0.4 is 5.32 Å². The third-order valence-electron chi connectivity index (χ3n) is 3.75. The highest BCUT2D eigenvalue weighted by molar-refractivity contribution is 9.10. The Morgan fingerprint density at radius 2 is 2.25 bits per heavy atom. The van der Waals surface area contributed by atoms with Gasteiger partial charge in [0, 0.05) is 40.0 Å². The number of rotatable bonds is 3. The molecule has 0 radical (unpaired) electrons. The number of carbonyl (C=O) groups excluding carboxylic acids is 1. The van der Waals surface area contributed by atoms with Gasteiger partial charge in [-0.2, -0.15) is 0 Å². The van der Waals surface area contributed by atoms with E-state index in [4.69, 9.17) is 11.6 Å². The first-order valence-corrected chi connectivity index (χ1v) is 8.20. The minimum absolute atomic E-state index is 0.0465. The second-order valence-corrected chi connectivity index (χ2v) is 6.33. The lowest BCUT2D eigenvalue weighted by molar-refractivity contribution is 0.0957. The summed E-state index contributed by atoms with van der Waals surface area (Å²) in [4.78, 5) is 12.4. The highest BCUT2D eigenvalue weighted by atomic mass is 79.9. The average molecular weight is 356 g/mol. The summed E-state index contributed by atoms with van der Waals surface area (Å²) in [5, 5.41) is 4.02. The van der Waals surface area contributed by atoms with E-state index in [1.165, 1.54) is 0 Å². The van der Waals surface area contributed by atoms with Crippen LogP contribution in [0.25, 0.3) is 10.9 Å². The predicted octanol–water partition coefficient (Wildman–Crippen LogP) is 3.71. The Hall–Kier alpha value is -1.00. The van der Waals surface area contributed by atoms with Crippen molar-refractivity contribution in [3.63, 3.8) is 0 Å². The number of amides is 1. The maximum Gasteiger partial charge on any atom is 0.253 e. The number of fused-ring (bicyclic) bond motifs is 3. The van der Waals surface area contributed by atoms with E-state index in [1.807, 2.05) is 12.1 Å². The van der Waals surface area contributed by atoms with Crippen LogP contribution in [0.15, 0.2) is 22.7 Å². The number of aryl methyl sites for hydroxylation is 1. The molecule has 2 aromatic rings. The van der Waals surface area contributed by atoms with Gasteiger partial charge in [-0.25, -0.2) is 0 Å². The number of hydrogen-bond acceptors (Lipinski definition) is 1. The molecular weight excluding hydrogens is 340 g/mol. The van der Waals surface area contributed by atoms with Crippen LogP contribution in [0, 0.1) is 0 Å². The van der Waals surface area contributed by atoms with Crippen LogP contribution in [0.4, 0.5) is 0 Å². The van der Waals surface area contributed by atoms with Crippen molar-refractivity contribution in [1.82, 2.24) is 9.88 Å². The first kappa shape index (κ1) is 14.0. The zero-order valence-electron chi connectivity index (χ0n) is 11.1. The van der Waals surface area contributed by atoms with Crippen molar-refractivity contribution in [1.29, 1.82) is 0 Å². The van der Waals surface area contributed by atoms with Crippen molar-refractivity contribution in [2.24, 2.45) is 0 Å². The predicted molar refractivity (Wildman–Crippen MR) is 85.6 cm³/mol. The minimum atomic E-state index is 0.0465. The second kappa shape index (κ2) is 5.78. The van der Waals surface area contributed by atoms with Gasteiger partial charge < -0.3 is 9.88 Å². The molecular formula is C15H16BrClN2O. The molecule has 0 saturated carbocycles. The van der Waals surface area contributed by atoms with Gasteiger partial charge in [0.25, 0.3) is 5.91 Å². The van der Waals surface area contributed by atoms with E-state index >= 15 is 0 Å². The first-order chi connectivity index (χ1) is 9.72. The molecule has 106 valence electrons. The number of nitrogens with zero attached hydrogens (tertiary/aromatic N) is 1. The Balaban J connectivity index is 2.25. The quantitative estimate of drug-likeness (QED) is 0.837. The van der Waals surface area contributed by atoms with Crippen molar-refractivity contribution in [2.45, 2.75) is 25.8 Å². The normalized spacial score (nSPS) is 15.0. The molecule has 20 heavy (non-hydrogen) atoms. The summed E-state index contributed by atoms with van der Waals surface area (Å²) >= 11 is 9.34. The Labute approximate surface area is 131 Å². The molecule has 0 atom stereocenters. The topological polar surface area (TPSA) is 34.0 Å². The van der Waals surface area contributed by atoms with Crippen LogP contribution in [0.3, 0.4) is 0 Å². The van der Waals surface area contributed by atoms with Crippen LogP contribution in [-0.4, -0.2) is 22.9 Å². The molecule has 0 saturated heterocycles. The lowest BCUT2D eigenvalue weighted by atomic mass is 10.1. The van der Waals surface area contributed by atoms with Gasteiger partial charge in [-0.15, -0.1) is 11.6 Å². The smallest absolute Gasteiger partial charge is 0.253 e. The Morgan fingerprint density at radius 3 is 3.05 bits per heavy atom. The number of alkyl halides is 1. The molecule has 1 aromatic heterocycles. The fraction of sp³-hybridized carbons (Fsp3) is 0.400. The molecule has 1 aliphatic heterocycles. The zero-order chi connectivity index (χ0) is 14.1. The number of aromatic nitrogens is 1. The molecule has 0 bridgehead atoms. The van der Waals surface area contributed by atoms with E-state index in [0.29, 0.717) is 5.88 Å². The fourth-order valence-corrected chi connectivity index (χ4v) is 3.39. The second-order valence-electron chi connectivity index (χ2n) is 5.04. The van der Waals surface area contributed by atoms with E-state index in [9.17, 15) is 4.79 Å². The van der Waals surface area contributed by atoms with Crippen LogP contribution >= 0.6 is 27.5 Å². The number of halogens is 2. The molecule has 0 spiro atoms. The van der Waals surface area contributed by atoms with Gasteiger partial charge in [-0.3, -0.25) is 4.79 Å². The summed E-state index contributed by atoms with van der Waals surface area (Å²) in [6.45, 7) is 1.61. The molecule has 1 N–H and O–H groups in total. The van der Waals surface area contributed by atoms with Crippen molar-refractivity contribution >= 4 is 44.3 Å². The zero-order valence-corrected chi connectivity index (χ0v) is 13.4. The molecule has 0 aliphatic carbocycles. The summed E-state index contributed by atoms with van der Waals surface area (Å²) in [5.74, 6) is 0.683. The van der Waals surface area contributed by atoms with Crippen molar-refractivity contribution in [3.05, 3.63) is 33.9 Å². The van der Waals surface area contributed by atoms with E-state index in [2.05, 4.69) is 31.9 Å². The summed E-state index contributed by atoms with van der Waals surface area (Å²) < 4.78 is 3.27. The van der Waals surface area contributed by atoms with Crippen molar-refractivity contribution < 1.29 is 4.79 Å². The number of carbonyl (C=O) groups is 1. The molecule has 3 rings (SSSR count). The Morgan fingerprint density at radius 1 is 1.40 bits per heavy atom. The van der Waals surface area contributed by atoms with Gasteiger partial charge in [-0.05, 0) is 37.5 Å². The fourth-order valence-electron chi connectivity index (χ4n) is 2.91. The minimum Gasteiger partial charge on any atom is -0.352 e. The van der Waals surface area contributed by atoms with Gasteiger partial charge in [0.2, 0.25) is 0 Å². The van der Waals surface area contributed by atoms with E-state index in [1.54, 1.807) is 0 Å². The van der Waals surface area contributed by atoms with Gasteiger partial charge in [0.1, 0.15) is 0 Å². The standard InChI is InChI=1S/C15H16BrClN2O/c16-10-4-5-12-11(9-10)14-13(19(12)8-2-6-17)3-1-7-18-15(14)20/h4-5,9H,1-3,6-8H2,(H,18,20). The SMILES string of the molecule is O=C1NCCCc2c1c1cc(Br)ccc1n2CCCCl. The number of nitrogens with one attached hydrogen (secondary N) is 1. The lowest BCUT2D eigenvalue weighted by Gasteiger charge is -2.09. The highest BCUT2D eigenvalue weighted by Crippen LogP contribution is 2.31. The molecule has 0 fully saturated rings.